The molecule has 1 aromatic carbocycles. The fourth-order valence-electron chi connectivity index (χ4n) is 1.54. The van der Waals surface area contributed by atoms with E-state index < -0.39 is 0 Å². The predicted octanol–water partition coefficient (Wildman–Crippen LogP) is 2.89. The summed E-state index contributed by atoms with van der Waals surface area (Å²) in [6.45, 7) is 7.72. The summed E-state index contributed by atoms with van der Waals surface area (Å²) in [6.07, 6.45) is 2.15. The van der Waals surface area contributed by atoms with Crippen molar-refractivity contribution in [2.75, 3.05) is 0 Å². The number of aryl methyl sites for hydroxylation is 1. The van der Waals surface area contributed by atoms with Crippen LogP contribution in [0.15, 0.2) is 24.3 Å². The van der Waals surface area contributed by atoms with Gasteiger partial charge in [0, 0.05) is 0 Å². The molecule has 0 aliphatic carbocycles. The van der Waals surface area contributed by atoms with Crippen LogP contribution in [0, 0.1) is 0 Å². The minimum absolute atomic E-state index is 0.0881. The summed E-state index contributed by atoms with van der Waals surface area (Å²) in [4.78, 5) is 10.8. The maximum Gasteiger partial charge on any atom is 0.153 e. The number of phenolic OH excluding ortho intramolecular Hbond substituents is 1. The van der Waals surface area contributed by atoms with Crippen LogP contribution in [0.25, 0.3) is 0 Å². The van der Waals surface area contributed by atoms with E-state index in [2.05, 4.69) is 6.58 Å². The van der Waals surface area contributed by atoms with Gasteiger partial charge in [0.1, 0.15) is 5.75 Å². The Labute approximate surface area is 90.3 Å². The zero-order valence-corrected chi connectivity index (χ0v) is 9.21. The van der Waals surface area contributed by atoms with Gasteiger partial charge in [-0.1, -0.05) is 25.1 Å². The van der Waals surface area contributed by atoms with Gasteiger partial charge in [-0.2, -0.15) is 0 Å². The van der Waals surface area contributed by atoms with Gasteiger partial charge in [-0.15, -0.1) is 0 Å². The Morgan fingerprint density at radius 2 is 2.20 bits per heavy atom. The molecule has 0 aliphatic heterocycles. The van der Waals surface area contributed by atoms with Gasteiger partial charge < -0.3 is 5.11 Å². The Kier molecular flexibility index (Phi) is 3.67. The smallest absolute Gasteiger partial charge is 0.153 e. The highest BCUT2D eigenvalue weighted by atomic mass is 16.3. The average Bonchev–Trinajstić information content (AvgIpc) is 2.20. The van der Waals surface area contributed by atoms with Crippen molar-refractivity contribution in [3.05, 3.63) is 41.0 Å². The molecule has 0 heterocycles. The minimum atomic E-state index is 0.0881. The molecule has 0 unspecified atom stereocenters. The van der Waals surface area contributed by atoms with Crippen LogP contribution in [0.1, 0.15) is 35.3 Å². The van der Waals surface area contributed by atoms with Gasteiger partial charge in [-0.25, -0.2) is 0 Å². The fraction of sp³-hybridized carbons (Fsp3) is 0.308. The van der Waals surface area contributed by atoms with E-state index in [1.54, 1.807) is 6.07 Å². The Morgan fingerprint density at radius 3 is 2.67 bits per heavy atom. The van der Waals surface area contributed by atoms with E-state index in [0.717, 1.165) is 23.1 Å². The lowest BCUT2D eigenvalue weighted by Crippen LogP contribution is -1.94. The van der Waals surface area contributed by atoms with Crippen molar-refractivity contribution in [2.24, 2.45) is 0 Å². The summed E-state index contributed by atoms with van der Waals surface area (Å²) in [5, 5.41) is 9.79. The van der Waals surface area contributed by atoms with Gasteiger partial charge in [0.15, 0.2) is 6.29 Å². The molecule has 0 atom stereocenters. The summed E-state index contributed by atoms with van der Waals surface area (Å²) in [5.74, 6) is 0.0881. The lowest BCUT2D eigenvalue weighted by Gasteiger charge is -2.09. The second-order valence-electron chi connectivity index (χ2n) is 3.80. The van der Waals surface area contributed by atoms with Crippen molar-refractivity contribution in [1.29, 1.82) is 0 Å². The minimum Gasteiger partial charge on any atom is -0.507 e. The van der Waals surface area contributed by atoms with Crippen LogP contribution in [0.2, 0.25) is 0 Å². The number of aldehydes is 1. The first kappa shape index (κ1) is 11.5. The Balaban J connectivity index is 3.23. The molecule has 1 aromatic rings. The number of rotatable bonds is 4. The van der Waals surface area contributed by atoms with Gasteiger partial charge in [0.2, 0.25) is 0 Å². The average molecular weight is 204 g/mol. The molecule has 15 heavy (non-hydrogen) atoms. The number of hydrogen-bond acceptors (Lipinski definition) is 2. The third-order valence-corrected chi connectivity index (χ3v) is 2.31. The van der Waals surface area contributed by atoms with Crippen molar-refractivity contribution < 1.29 is 9.90 Å². The molecule has 0 amide bonds. The van der Waals surface area contributed by atoms with Crippen LogP contribution < -0.4 is 0 Å². The molecule has 0 saturated heterocycles. The van der Waals surface area contributed by atoms with Crippen molar-refractivity contribution in [2.45, 2.75) is 26.7 Å². The van der Waals surface area contributed by atoms with Gasteiger partial charge in [0.05, 0.1) is 5.56 Å². The van der Waals surface area contributed by atoms with E-state index in [-0.39, 0.29) is 5.75 Å². The van der Waals surface area contributed by atoms with E-state index in [1.165, 1.54) is 0 Å². The molecule has 0 fully saturated rings. The first-order valence-electron chi connectivity index (χ1n) is 5.02. The van der Waals surface area contributed by atoms with Crippen LogP contribution in [-0.4, -0.2) is 11.4 Å². The Bertz CT molecular complexity index is 392. The summed E-state index contributed by atoms with van der Waals surface area (Å²) in [6, 6.07) is 3.65. The summed E-state index contributed by atoms with van der Waals surface area (Å²) in [5.41, 5.74) is 3.18. The highest BCUT2D eigenvalue weighted by Crippen LogP contribution is 2.25. The largest absolute Gasteiger partial charge is 0.507 e. The third kappa shape index (κ3) is 2.69. The van der Waals surface area contributed by atoms with Crippen molar-refractivity contribution >= 4 is 6.29 Å². The number of benzene rings is 1. The first-order valence-corrected chi connectivity index (χ1v) is 5.02. The fourth-order valence-corrected chi connectivity index (χ4v) is 1.54. The highest BCUT2D eigenvalue weighted by molar-refractivity contribution is 5.80. The van der Waals surface area contributed by atoms with Crippen LogP contribution in [-0.2, 0) is 12.8 Å². The van der Waals surface area contributed by atoms with Gasteiger partial charge >= 0.3 is 0 Å². The van der Waals surface area contributed by atoms with E-state index in [1.807, 2.05) is 19.9 Å². The molecule has 2 nitrogen and oxygen atoms in total. The van der Waals surface area contributed by atoms with Gasteiger partial charge in [-0.05, 0) is 37.0 Å². The molecule has 0 spiro atoms. The first-order chi connectivity index (χ1) is 7.08. The van der Waals surface area contributed by atoms with E-state index in [9.17, 15) is 9.90 Å². The lowest BCUT2D eigenvalue weighted by atomic mass is 9.99. The number of hydrogen-bond donors (Lipinski definition) is 1. The Morgan fingerprint density at radius 1 is 1.53 bits per heavy atom. The number of phenols is 1. The predicted molar refractivity (Wildman–Crippen MR) is 61.4 cm³/mol. The quantitative estimate of drug-likeness (QED) is 0.605. The van der Waals surface area contributed by atoms with Crippen molar-refractivity contribution in [3.63, 3.8) is 0 Å². The molecule has 0 saturated carbocycles. The zero-order chi connectivity index (χ0) is 11.4. The maximum absolute atomic E-state index is 10.8. The maximum atomic E-state index is 10.8. The van der Waals surface area contributed by atoms with Crippen LogP contribution in [0.5, 0.6) is 5.75 Å². The van der Waals surface area contributed by atoms with Crippen molar-refractivity contribution in [3.8, 4) is 5.75 Å². The summed E-state index contributed by atoms with van der Waals surface area (Å²) in [7, 11) is 0. The van der Waals surface area contributed by atoms with Crippen LogP contribution in [0.3, 0.4) is 0 Å². The molecular weight excluding hydrogens is 188 g/mol. The number of aromatic hydroxyl groups is 1. The monoisotopic (exact) mass is 204 g/mol. The lowest BCUT2D eigenvalue weighted by molar-refractivity contribution is 0.112. The summed E-state index contributed by atoms with van der Waals surface area (Å²) >= 11 is 0. The highest BCUT2D eigenvalue weighted by Gasteiger charge is 2.08. The molecule has 0 aliphatic rings. The van der Waals surface area contributed by atoms with Gasteiger partial charge in [0.25, 0.3) is 0 Å². The molecule has 1 N–H and O–H groups in total. The summed E-state index contributed by atoms with van der Waals surface area (Å²) < 4.78 is 0. The van der Waals surface area contributed by atoms with Crippen molar-refractivity contribution in [1.82, 2.24) is 0 Å². The molecule has 0 bridgehead atoms. The zero-order valence-electron chi connectivity index (χ0n) is 9.21. The molecule has 0 radical (unpaired) electrons. The molecule has 2 heteroatoms. The van der Waals surface area contributed by atoms with Gasteiger partial charge in [-0.3, -0.25) is 4.79 Å². The Hall–Kier alpha value is -1.57. The molecule has 0 aromatic heterocycles. The molecule has 1 rings (SSSR count). The third-order valence-electron chi connectivity index (χ3n) is 2.31. The standard InChI is InChI=1S/C13H16O2/c1-4-10-6-11(5-9(2)3)13(15)12(7-10)8-14/h6-8,15H,2,4-5H2,1,3H3. The SMILES string of the molecule is C=C(C)Cc1cc(CC)cc(C=O)c1O. The second kappa shape index (κ2) is 4.78. The van der Waals surface area contributed by atoms with E-state index in [0.29, 0.717) is 18.3 Å². The number of carbonyl (C=O) groups is 1. The second-order valence-corrected chi connectivity index (χ2v) is 3.80. The number of allylic oxidation sites excluding steroid dienone is 1. The molecular formula is C13H16O2. The normalized spacial score (nSPS) is 10.0. The van der Waals surface area contributed by atoms with E-state index in [4.69, 9.17) is 0 Å². The molecule has 80 valence electrons. The topological polar surface area (TPSA) is 37.3 Å². The van der Waals surface area contributed by atoms with Crippen LogP contribution in [0.4, 0.5) is 0 Å². The van der Waals surface area contributed by atoms with Crippen LogP contribution >= 0.6 is 0 Å². The number of carbonyl (C=O) groups excluding carboxylic acids is 1. The van der Waals surface area contributed by atoms with E-state index >= 15 is 0 Å².